The molecule has 3 aliphatic rings. The lowest BCUT2D eigenvalue weighted by atomic mass is 9.96. The van der Waals surface area contributed by atoms with E-state index in [1.54, 1.807) is 11.0 Å². The maximum Gasteiger partial charge on any atom is 0.259 e. The minimum absolute atomic E-state index is 0.118. The number of nitrogens with one attached hydrogen (secondary N) is 1. The van der Waals surface area contributed by atoms with Crippen molar-refractivity contribution in [3.63, 3.8) is 0 Å². The lowest BCUT2D eigenvalue weighted by molar-refractivity contribution is -0.134. The van der Waals surface area contributed by atoms with E-state index >= 15 is 0 Å². The lowest BCUT2D eigenvalue weighted by Gasteiger charge is -2.33. The second-order valence-electron chi connectivity index (χ2n) is 7.93. The van der Waals surface area contributed by atoms with E-state index in [1.807, 2.05) is 24.3 Å². The Kier molecular flexibility index (Phi) is 4.12. The Morgan fingerprint density at radius 1 is 0.966 bits per heavy atom. The topological polar surface area (TPSA) is 86.8 Å². The number of hydrogen-bond acceptors (Lipinski definition) is 5. The number of rotatable bonds is 3. The van der Waals surface area contributed by atoms with Gasteiger partial charge < -0.3 is 9.69 Å². The van der Waals surface area contributed by atoms with E-state index in [1.165, 1.54) is 0 Å². The van der Waals surface area contributed by atoms with Crippen molar-refractivity contribution in [1.29, 1.82) is 0 Å². The van der Waals surface area contributed by atoms with Crippen LogP contribution in [0.3, 0.4) is 0 Å². The molecule has 7 nitrogen and oxygen atoms in total. The zero-order chi connectivity index (χ0) is 20.1. The first-order valence-electron chi connectivity index (χ1n) is 10.0. The number of anilines is 2. The number of imide groups is 1. The second-order valence-corrected chi connectivity index (χ2v) is 7.93. The van der Waals surface area contributed by atoms with Crippen LogP contribution in [-0.4, -0.2) is 43.1 Å². The third-order valence-corrected chi connectivity index (χ3v) is 6.30. The number of aldehydes is 1. The molecule has 3 aliphatic heterocycles. The zero-order valence-electron chi connectivity index (χ0n) is 15.9. The summed E-state index contributed by atoms with van der Waals surface area (Å²) in [6.07, 6.45) is 3.25. The molecule has 0 bridgehead atoms. The maximum atomic E-state index is 13.2. The van der Waals surface area contributed by atoms with E-state index in [4.69, 9.17) is 0 Å². The van der Waals surface area contributed by atoms with Gasteiger partial charge in [-0.05, 0) is 37.5 Å². The summed E-state index contributed by atoms with van der Waals surface area (Å²) in [5.74, 6) is -0.797. The quantitative estimate of drug-likeness (QED) is 0.639. The van der Waals surface area contributed by atoms with E-state index in [9.17, 15) is 19.2 Å². The third kappa shape index (κ3) is 2.72. The molecule has 2 aromatic rings. The Balaban J connectivity index is 1.56. The summed E-state index contributed by atoms with van der Waals surface area (Å²) in [6.45, 7) is 1.60. The fourth-order valence-corrected chi connectivity index (χ4v) is 4.78. The lowest BCUT2D eigenvalue weighted by Crippen LogP contribution is -2.53. The van der Waals surface area contributed by atoms with Crippen LogP contribution in [0.25, 0.3) is 10.8 Å². The van der Waals surface area contributed by atoms with Gasteiger partial charge in [-0.15, -0.1) is 0 Å². The number of carbonyl (C=O) groups is 4. The molecule has 0 spiro atoms. The molecule has 1 atom stereocenters. The Hall–Kier alpha value is -3.22. The Morgan fingerprint density at radius 2 is 1.72 bits per heavy atom. The molecular formula is C22H21N3O4. The van der Waals surface area contributed by atoms with Gasteiger partial charge in [0.05, 0.1) is 5.69 Å². The fourth-order valence-electron chi connectivity index (χ4n) is 4.78. The smallest absolute Gasteiger partial charge is 0.259 e. The van der Waals surface area contributed by atoms with Crippen molar-refractivity contribution in [1.82, 2.24) is 5.32 Å². The molecule has 2 aromatic carbocycles. The molecule has 5 rings (SSSR count). The number of hydrogen-bond donors (Lipinski definition) is 1. The van der Waals surface area contributed by atoms with Gasteiger partial charge in [-0.2, -0.15) is 0 Å². The molecule has 0 unspecified atom stereocenters. The van der Waals surface area contributed by atoms with Crippen molar-refractivity contribution >= 4 is 46.2 Å². The number of piperidine rings is 2. The summed E-state index contributed by atoms with van der Waals surface area (Å²) < 4.78 is 0. The number of amides is 3. The highest BCUT2D eigenvalue weighted by Crippen LogP contribution is 2.43. The largest absolute Gasteiger partial charge is 0.371 e. The van der Waals surface area contributed by atoms with Gasteiger partial charge in [0, 0.05) is 47.5 Å². The molecule has 29 heavy (non-hydrogen) atoms. The monoisotopic (exact) mass is 391 g/mol. The highest BCUT2D eigenvalue weighted by Gasteiger charge is 2.41. The van der Waals surface area contributed by atoms with Crippen molar-refractivity contribution in [2.75, 3.05) is 22.9 Å². The van der Waals surface area contributed by atoms with Crippen LogP contribution in [0.4, 0.5) is 11.4 Å². The maximum absolute atomic E-state index is 13.2. The molecule has 0 aliphatic carbocycles. The standard InChI is InChI=1S/C22H21N3O4/c26-12-13-8-10-24(11-9-13)16-4-5-17-20-14(16)2-1-3-15(20)22(29)25(17)18-6-7-19(27)23-21(18)28/h1-5,12-13,18H,6-11H2,(H,23,27,28)/t18-/m1/s1. The molecule has 3 heterocycles. The molecule has 2 fully saturated rings. The average molecular weight is 391 g/mol. The normalized spacial score (nSPS) is 22.3. The van der Waals surface area contributed by atoms with Gasteiger partial charge in [-0.25, -0.2) is 0 Å². The average Bonchev–Trinajstić information content (AvgIpc) is 3.02. The van der Waals surface area contributed by atoms with Gasteiger partial charge in [0.2, 0.25) is 11.8 Å². The van der Waals surface area contributed by atoms with Crippen LogP contribution in [0, 0.1) is 5.92 Å². The first kappa shape index (κ1) is 17.8. The van der Waals surface area contributed by atoms with Gasteiger partial charge in [-0.3, -0.25) is 24.6 Å². The minimum Gasteiger partial charge on any atom is -0.371 e. The fraction of sp³-hybridized carbons (Fsp3) is 0.364. The minimum atomic E-state index is -0.676. The van der Waals surface area contributed by atoms with Crippen LogP contribution in [0.15, 0.2) is 30.3 Å². The van der Waals surface area contributed by atoms with Crippen LogP contribution in [-0.2, 0) is 14.4 Å². The van der Waals surface area contributed by atoms with E-state index in [-0.39, 0.29) is 24.2 Å². The van der Waals surface area contributed by atoms with Gasteiger partial charge in [0.1, 0.15) is 12.3 Å². The zero-order valence-corrected chi connectivity index (χ0v) is 15.9. The summed E-state index contributed by atoms with van der Waals surface area (Å²) in [7, 11) is 0. The molecule has 148 valence electrons. The number of nitrogens with zero attached hydrogens (tertiary/aromatic N) is 2. The van der Waals surface area contributed by atoms with E-state index in [0.717, 1.165) is 54.4 Å². The van der Waals surface area contributed by atoms with Gasteiger partial charge >= 0.3 is 0 Å². The predicted octanol–water partition coefficient (Wildman–Crippen LogP) is 2.02. The highest BCUT2D eigenvalue weighted by molar-refractivity contribution is 6.28. The Labute approximate surface area is 167 Å². The number of benzene rings is 2. The van der Waals surface area contributed by atoms with Crippen molar-refractivity contribution in [3.8, 4) is 0 Å². The highest BCUT2D eigenvalue weighted by atomic mass is 16.2. The van der Waals surface area contributed by atoms with Gasteiger partial charge in [-0.1, -0.05) is 12.1 Å². The third-order valence-electron chi connectivity index (χ3n) is 6.30. The molecule has 0 aromatic heterocycles. The SMILES string of the molecule is O=CC1CCN(c2ccc3c4c(cccc24)C(=O)N3[C@@H]2CCC(=O)NC2=O)CC1. The summed E-state index contributed by atoms with van der Waals surface area (Å²) >= 11 is 0. The van der Waals surface area contributed by atoms with E-state index in [0.29, 0.717) is 12.0 Å². The molecular weight excluding hydrogens is 370 g/mol. The summed E-state index contributed by atoms with van der Waals surface area (Å²) in [5, 5.41) is 4.19. The van der Waals surface area contributed by atoms with Gasteiger partial charge in [0.15, 0.2) is 0 Å². The van der Waals surface area contributed by atoms with Crippen molar-refractivity contribution in [2.24, 2.45) is 5.92 Å². The molecule has 0 saturated carbocycles. The summed E-state index contributed by atoms with van der Waals surface area (Å²) in [4.78, 5) is 52.0. The van der Waals surface area contributed by atoms with Crippen LogP contribution >= 0.6 is 0 Å². The van der Waals surface area contributed by atoms with Crippen LogP contribution < -0.4 is 15.1 Å². The Morgan fingerprint density at radius 3 is 2.45 bits per heavy atom. The van der Waals surface area contributed by atoms with E-state index < -0.39 is 11.9 Å². The second kappa shape index (κ2) is 6.69. The first-order chi connectivity index (χ1) is 14.1. The van der Waals surface area contributed by atoms with Crippen molar-refractivity contribution < 1.29 is 19.2 Å². The molecule has 7 heteroatoms. The van der Waals surface area contributed by atoms with Crippen LogP contribution in [0.2, 0.25) is 0 Å². The van der Waals surface area contributed by atoms with E-state index in [2.05, 4.69) is 10.2 Å². The first-order valence-corrected chi connectivity index (χ1v) is 10.0. The van der Waals surface area contributed by atoms with Crippen LogP contribution in [0.1, 0.15) is 36.0 Å². The van der Waals surface area contributed by atoms with Crippen molar-refractivity contribution in [3.05, 3.63) is 35.9 Å². The predicted molar refractivity (Wildman–Crippen MR) is 108 cm³/mol. The Bertz CT molecular complexity index is 1060. The molecule has 0 radical (unpaired) electrons. The van der Waals surface area contributed by atoms with Crippen molar-refractivity contribution in [2.45, 2.75) is 31.7 Å². The summed E-state index contributed by atoms with van der Waals surface area (Å²) in [5.41, 5.74) is 2.36. The van der Waals surface area contributed by atoms with Gasteiger partial charge in [0.25, 0.3) is 5.91 Å². The summed E-state index contributed by atoms with van der Waals surface area (Å²) in [6, 6.07) is 8.90. The molecule has 1 N–H and O–H groups in total. The molecule has 3 amide bonds. The molecule has 2 saturated heterocycles. The number of carbonyl (C=O) groups excluding carboxylic acids is 4. The van der Waals surface area contributed by atoms with Crippen LogP contribution in [0.5, 0.6) is 0 Å².